The number of aromatic carboxylic acids is 1. The molecule has 20 heavy (non-hydrogen) atoms. The van der Waals surface area contributed by atoms with E-state index in [1.807, 2.05) is 0 Å². The summed E-state index contributed by atoms with van der Waals surface area (Å²) < 4.78 is 5.36. The second-order valence-corrected chi connectivity index (χ2v) is 5.31. The highest BCUT2D eigenvalue weighted by molar-refractivity contribution is 5.89. The van der Waals surface area contributed by atoms with Gasteiger partial charge in [-0.05, 0) is 32.0 Å². The predicted octanol–water partition coefficient (Wildman–Crippen LogP) is 1.92. The first-order chi connectivity index (χ1) is 9.52. The minimum Gasteiger partial charge on any atom is -0.495 e. The van der Waals surface area contributed by atoms with Gasteiger partial charge >= 0.3 is 5.97 Å². The molecule has 1 fully saturated rings. The number of benzene rings is 1. The molecule has 0 unspecified atom stereocenters. The van der Waals surface area contributed by atoms with Crippen LogP contribution in [-0.2, 0) is 0 Å². The van der Waals surface area contributed by atoms with Crippen LogP contribution in [0.4, 0.5) is 5.69 Å². The van der Waals surface area contributed by atoms with E-state index in [1.165, 1.54) is 0 Å². The molecule has 1 saturated heterocycles. The van der Waals surface area contributed by atoms with E-state index in [4.69, 9.17) is 9.84 Å². The van der Waals surface area contributed by atoms with Crippen molar-refractivity contribution in [3.63, 3.8) is 0 Å². The molecule has 1 heterocycles. The molecular weight excluding hydrogens is 256 g/mol. The molecule has 0 aliphatic carbocycles. The molecule has 1 aromatic carbocycles. The molecule has 5 nitrogen and oxygen atoms in total. The Balaban J connectivity index is 2.19. The van der Waals surface area contributed by atoms with Gasteiger partial charge in [-0.15, -0.1) is 0 Å². The Bertz CT molecular complexity index is 480. The van der Waals surface area contributed by atoms with E-state index in [2.05, 4.69) is 23.6 Å². The van der Waals surface area contributed by atoms with E-state index in [-0.39, 0.29) is 0 Å². The van der Waals surface area contributed by atoms with Gasteiger partial charge in [0.15, 0.2) is 0 Å². The number of carboxylic acids is 1. The average Bonchev–Trinajstić information content (AvgIpc) is 2.46. The third-order valence-corrected chi connectivity index (χ3v) is 3.81. The number of piperazine rings is 1. The molecule has 0 bridgehead atoms. The molecule has 1 aliphatic rings. The van der Waals surface area contributed by atoms with Gasteiger partial charge in [-0.25, -0.2) is 4.79 Å². The van der Waals surface area contributed by atoms with Crippen molar-refractivity contribution in [3.8, 4) is 5.75 Å². The summed E-state index contributed by atoms with van der Waals surface area (Å²) in [5.74, 6) is -0.178. The SMILES string of the molecule is COc1ccc(C(=O)O)cc1N1CCN(C(C)C)CC1. The highest BCUT2D eigenvalue weighted by atomic mass is 16.5. The number of carboxylic acid groups (broad SMARTS) is 1. The topological polar surface area (TPSA) is 53.0 Å². The quantitative estimate of drug-likeness (QED) is 0.912. The van der Waals surface area contributed by atoms with Gasteiger partial charge in [-0.1, -0.05) is 0 Å². The first-order valence-corrected chi connectivity index (χ1v) is 6.93. The summed E-state index contributed by atoms with van der Waals surface area (Å²) in [6.07, 6.45) is 0. The van der Waals surface area contributed by atoms with Crippen LogP contribution >= 0.6 is 0 Å². The zero-order chi connectivity index (χ0) is 14.7. The summed E-state index contributed by atoms with van der Waals surface area (Å²) in [5, 5.41) is 9.12. The van der Waals surface area contributed by atoms with Gasteiger partial charge in [0.25, 0.3) is 0 Å². The maximum atomic E-state index is 11.1. The Hall–Kier alpha value is -1.75. The van der Waals surface area contributed by atoms with Crippen LogP contribution in [-0.4, -0.2) is 55.3 Å². The first kappa shape index (κ1) is 14.7. The van der Waals surface area contributed by atoms with E-state index in [0.29, 0.717) is 11.6 Å². The normalized spacial score (nSPS) is 16.5. The van der Waals surface area contributed by atoms with Crippen molar-refractivity contribution in [1.82, 2.24) is 4.90 Å². The van der Waals surface area contributed by atoms with Gasteiger partial charge in [0.05, 0.1) is 18.4 Å². The van der Waals surface area contributed by atoms with Crippen molar-refractivity contribution in [3.05, 3.63) is 23.8 Å². The Morgan fingerprint density at radius 3 is 2.40 bits per heavy atom. The molecule has 1 aliphatic heterocycles. The summed E-state index contributed by atoms with van der Waals surface area (Å²) in [5.41, 5.74) is 1.17. The van der Waals surface area contributed by atoms with Crippen LogP contribution in [0.5, 0.6) is 5.75 Å². The Morgan fingerprint density at radius 2 is 1.90 bits per heavy atom. The number of carbonyl (C=O) groups is 1. The smallest absolute Gasteiger partial charge is 0.335 e. The molecule has 2 rings (SSSR count). The van der Waals surface area contributed by atoms with Crippen LogP contribution < -0.4 is 9.64 Å². The predicted molar refractivity (Wildman–Crippen MR) is 78.9 cm³/mol. The third kappa shape index (κ3) is 3.04. The van der Waals surface area contributed by atoms with Gasteiger partial charge in [0.2, 0.25) is 0 Å². The Morgan fingerprint density at radius 1 is 1.25 bits per heavy atom. The van der Waals surface area contributed by atoms with Crippen LogP contribution in [0.2, 0.25) is 0 Å². The zero-order valence-corrected chi connectivity index (χ0v) is 12.3. The fourth-order valence-electron chi connectivity index (χ4n) is 2.55. The number of anilines is 1. The molecule has 0 spiro atoms. The molecule has 0 amide bonds. The fraction of sp³-hybridized carbons (Fsp3) is 0.533. The summed E-state index contributed by atoms with van der Waals surface area (Å²) in [6.45, 7) is 8.13. The molecule has 0 saturated carbocycles. The lowest BCUT2D eigenvalue weighted by atomic mass is 10.1. The lowest BCUT2D eigenvalue weighted by molar-refractivity contribution is 0.0697. The van der Waals surface area contributed by atoms with E-state index >= 15 is 0 Å². The molecule has 1 N–H and O–H groups in total. The van der Waals surface area contributed by atoms with Crippen LogP contribution in [0.1, 0.15) is 24.2 Å². The molecule has 110 valence electrons. The first-order valence-electron chi connectivity index (χ1n) is 6.93. The molecule has 1 aromatic rings. The second-order valence-electron chi connectivity index (χ2n) is 5.31. The minimum atomic E-state index is -0.908. The summed E-state index contributed by atoms with van der Waals surface area (Å²) in [7, 11) is 1.61. The van der Waals surface area contributed by atoms with Crippen LogP contribution in [0, 0.1) is 0 Å². The summed E-state index contributed by atoms with van der Waals surface area (Å²) in [4.78, 5) is 15.7. The van der Waals surface area contributed by atoms with Crippen LogP contribution in [0.15, 0.2) is 18.2 Å². The van der Waals surface area contributed by atoms with E-state index in [9.17, 15) is 4.79 Å². The molecule has 0 atom stereocenters. The lowest BCUT2D eigenvalue weighted by Crippen LogP contribution is -2.49. The monoisotopic (exact) mass is 278 g/mol. The maximum Gasteiger partial charge on any atom is 0.335 e. The minimum absolute atomic E-state index is 0.298. The van der Waals surface area contributed by atoms with Crippen molar-refractivity contribution in [2.75, 3.05) is 38.2 Å². The van der Waals surface area contributed by atoms with E-state index < -0.39 is 5.97 Å². The zero-order valence-electron chi connectivity index (χ0n) is 12.3. The summed E-state index contributed by atoms with van der Waals surface area (Å²) >= 11 is 0. The molecule has 5 heteroatoms. The number of nitrogens with zero attached hydrogens (tertiary/aromatic N) is 2. The number of hydrogen-bond acceptors (Lipinski definition) is 4. The molecule has 0 radical (unpaired) electrons. The maximum absolute atomic E-state index is 11.1. The molecule has 0 aromatic heterocycles. The fourth-order valence-corrected chi connectivity index (χ4v) is 2.55. The summed E-state index contributed by atoms with van der Waals surface area (Å²) in [6, 6.07) is 5.55. The van der Waals surface area contributed by atoms with Crippen molar-refractivity contribution in [2.24, 2.45) is 0 Å². The average molecular weight is 278 g/mol. The highest BCUT2D eigenvalue weighted by Crippen LogP contribution is 2.30. The molecular formula is C15H22N2O3. The number of ether oxygens (including phenoxy) is 1. The van der Waals surface area contributed by atoms with Crippen molar-refractivity contribution in [2.45, 2.75) is 19.9 Å². The van der Waals surface area contributed by atoms with Gasteiger partial charge < -0.3 is 14.7 Å². The van der Waals surface area contributed by atoms with Gasteiger partial charge in [0.1, 0.15) is 5.75 Å². The Kier molecular flexibility index (Phi) is 4.49. The van der Waals surface area contributed by atoms with Crippen molar-refractivity contribution >= 4 is 11.7 Å². The van der Waals surface area contributed by atoms with Gasteiger partial charge in [-0.2, -0.15) is 0 Å². The number of hydrogen-bond donors (Lipinski definition) is 1. The number of methoxy groups -OCH3 is 1. The van der Waals surface area contributed by atoms with Crippen molar-refractivity contribution in [1.29, 1.82) is 0 Å². The largest absolute Gasteiger partial charge is 0.495 e. The Labute approximate surface area is 119 Å². The van der Waals surface area contributed by atoms with E-state index in [0.717, 1.165) is 37.6 Å². The number of rotatable bonds is 4. The van der Waals surface area contributed by atoms with Crippen molar-refractivity contribution < 1.29 is 14.6 Å². The lowest BCUT2D eigenvalue weighted by Gasteiger charge is -2.38. The highest BCUT2D eigenvalue weighted by Gasteiger charge is 2.22. The second kappa shape index (κ2) is 6.13. The van der Waals surface area contributed by atoms with Crippen LogP contribution in [0.25, 0.3) is 0 Å². The van der Waals surface area contributed by atoms with Gasteiger partial charge in [0, 0.05) is 32.2 Å². The standard InChI is InChI=1S/C15H22N2O3/c1-11(2)16-6-8-17(9-7-16)13-10-12(15(18)19)4-5-14(13)20-3/h4-5,10-11H,6-9H2,1-3H3,(H,18,19). The third-order valence-electron chi connectivity index (χ3n) is 3.81. The van der Waals surface area contributed by atoms with Crippen LogP contribution in [0.3, 0.4) is 0 Å². The van der Waals surface area contributed by atoms with E-state index in [1.54, 1.807) is 25.3 Å². The van der Waals surface area contributed by atoms with Gasteiger partial charge in [-0.3, -0.25) is 4.90 Å².